The molecule has 2 N–H and O–H groups in total. The van der Waals surface area contributed by atoms with Crippen molar-refractivity contribution in [3.05, 3.63) is 64.9 Å². The molecule has 0 saturated heterocycles. The van der Waals surface area contributed by atoms with Gasteiger partial charge in [0.25, 0.3) is 0 Å². The normalized spacial score (nSPS) is 14.6. The smallest absolute Gasteiger partial charge is 0.240 e. The average Bonchev–Trinajstić information content (AvgIpc) is 3.38. The van der Waals surface area contributed by atoms with Gasteiger partial charge in [0.2, 0.25) is 11.8 Å². The van der Waals surface area contributed by atoms with Gasteiger partial charge in [0.05, 0.1) is 0 Å². The first-order valence-electron chi connectivity index (χ1n) is 8.09. The van der Waals surface area contributed by atoms with Crippen LogP contribution < -0.4 is 10.6 Å². The van der Waals surface area contributed by atoms with E-state index < -0.39 is 11.2 Å². The molecule has 2 aromatic carbocycles. The number of rotatable bonds is 6. The van der Waals surface area contributed by atoms with Crippen molar-refractivity contribution in [3.8, 4) is 0 Å². The first-order chi connectivity index (χ1) is 12.0. The van der Waals surface area contributed by atoms with Crippen molar-refractivity contribution in [1.29, 1.82) is 0 Å². The van der Waals surface area contributed by atoms with Gasteiger partial charge in [-0.05, 0) is 55.2 Å². The largest absolute Gasteiger partial charge is 0.355 e. The second kappa shape index (κ2) is 7.23. The van der Waals surface area contributed by atoms with Crippen LogP contribution in [0, 0.1) is 11.2 Å². The molecule has 0 bridgehead atoms. The molecule has 0 radical (unpaired) electrons. The fraction of sp³-hybridized carbons (Fsp3) is 0.263. The van der Waals surface area contributed by atoms with Crippen LogP contribution in [0.25, 0.3) is 0 Å². The Hall–Kier alpha value is -2.40. The van der Waals surface area contributed by atoms with Gasteiger partial charge >= 0.3 is 0 Å². The number of carbonyl (C=O) groups excluding carboxylic acids is 2. The van der Waals surface area contributed by atoms with Gasteiger partial charge in [0.15, 0.2) is 0 Å². The highest BCUT2D eigenvalue weighted by atomic mass is 35.5. The standard InChI is InChI=1S/C19H18ClFN2O2/c20-14-6-4-13(5-7-14)8-11-22-17(24)19(9-10-19)18(25)23-16-3-1-2-15(21)12-16/h1-7,12H,8-11H2,(H,22,24)(H,23,25). The summed E-state index contributed by atoms with van der Waals surface area (Å²) >= 11 is 5.84. The van der Waals surface area contributed by atoms with Crippen LogP contribution in [0.2, 0.25) is 5.02 Å². The number of amides is 2. The van der Waals surface area contributed by atoms with Crippen LogP contribution in [0.1, 0.15) is 18.4 Å². The van der Waals surface area contributed by atoms with Gasteiger partial charge in [0, 0.05) is 17.3 Å². The van der Waals surface area contributed by atoms with Crippen LogP contribution >= 0.6 is 11.6 Å². The summed E-state index contributed by atoms with van der Waals surface area (Å²) in [6.07, 6.45) is 1.66. The zero-order valence-corrected chi connectivity index (χ0v) is 14.3. The van der Waals surface area contributed by atoms with Gasteiger partial charge < -0.3 is 10.6 Å². The van der Waals surface area contributed by atoms with Crippen molar-refractivity contribution in [2.75, 3.05) is 11.9 Å². The molecular formula is C19H18ClFN2O2. The van der Waals surface area contributed by atoms with E-state index in [2.05, 4.69) is 10.6 Å². The number of nitrogens with one attached hydrogen (secondary N) is 2. The molecule has 1 saturated carbocycles. The Balaban J connectivity index is 1.53. The van der Waals surface area contributed by atoms with Crippen LogP contribution in [0.15, 0.2) is 48.5 Å². The summed E-state index contributed by atoms with van der Waals surface area (Å²) in [5, 5.41) is 6.11. The third kappa shape index (κ3) is 4.17. The highest BCUT2D eigenvalue weighted by Crippen LogP contribution is 2.46. The minimum Gasteiger partial charge on any atom is -0.355 e. The summed E-state index contributed by atoms with van der Waals surface area (Å²) in [7, 11) is 0. The Morgan fingerprint density at radius 3 is 2.44 bits per heavy atom. The molecule has 130 valence electrons. The molecule has 0 atom stereocenters. The number of halogens is 2. The molecule has 0 aromatic heterocycles. The van der Waals surface area contributed by atoms with E-state index in [1.54, 1.807) is 18.2 Å². The minimum atomic E-state index is -1.04. The van der Waals surface area contributed by atoms with Crippen molar-refractivity contribution in [2.24, 2.45) is 5.41 Å². The van der Waals surface area contributed by atoms with E-state index in [9.17, 15) is 14.0 Å². The van der Waals surface area contributed by atoms with Gasteiger partial charge in [-0.2, -0.15) is 0 Å². The van der Waals surface area contributed by atoms with Gasteiger partial charge in [-0.1, -0.05) is 29.8 Å². The highest BCUT2D eigenvalue weighted by Gasteiger charge is 2.56. The molecule has 2 amide bonds. The molecule has 1 fully saturated rings. The van der Waals surface area contributed by atoms with Crippen LogP contribution in [-0.2, 0) is 16.0 Å². The molecule has 25 heavy (non-hydrogen) atoms. The van der Waals surface area contributed by atoms with Crippen molar-refractivity contribution < 1.29 is 14.0 Å². The highest BCUT2D eigenvalue weighted by molar-refractivity contribution is 6.30. The lowest BCUT2D eigenvalue weighted by Gasteiger charge is -2.15. The van der Waals surface area contributed by atoms with Gasteiger partial charge in [-0.15, -0.1) is 0 Å². The molecule has 1 aliphatic carbocycles. The van der Waals surface area contributed by atoms with Crippen LogP contribution in [0.5, 0.6) is 0 Å². The third-order valence-corrected chi connectivity index (χ3v) is 4.57. The van der Waals surface area contributed by atoms with Gasteiger partial charge in [-0.3, -0.25) is 9.59 Å². The van der Waals surface area contributed by atoms with Gasteiger partial charge in [-0.25, -0.2) is 4.39 Å². The van der Waals surface area contributed by atoms with E-state index in [1.165, 1.54) is 18.2 Å². The molecule has 0 spiro atoms. The van der Waals surface area contributed by atoms with Crippen molar-refractivity contribution in [3.63, 3.8) is 0 Å². The summed E-state index contributed by atoms with van der Waals surface area (Å²) in [6, 6.07) is 13.0. The maximum Gasteiger partial charge on any atom is 0.240 e. The summed E-state index contributed by atoms with van der Waals surface area (Å²) < 4.78 is 13.2. The predicted molar refractivity (Wildman–Crippen MR) is 94.9 cm³/mol. The Morgan fingerprint density at radius 2 is 1.80 bits per heavy atom. The zero-order chi connectivity index (χ0) is 17.9. The number of benzene rings is 2. The Bertz CT molecular complexity index is 788. The summed E-state index contributed by atoms with van der Waals surface area (Å²) in [5.74, 6) is -1.10. The maximum absolute atomic E-state index is 13.2. The molecule has 4 nitrogen and oxygen atoms in total. The number of anilines is 1. The second-order valence-corrected chi connectivity index (χ2v) is 6.62. The number of hydrogen-bond donors (Lipinski definition) is 2. The van der Waals surface area contributed by atoms with E-state index >= 15 is 0 Å². The van der Waals surface area contributed by atoms with E-state index in [4.69, 9.17) is 11.6 Å². The molecule has 0 unspecified atom stereocenters. The molecule has 1 aliphatic rings. The van der Waals surface area contributed by atoms with Crippen molar-refractivity contribution >= 4 is 29.1 Å². The van der Waals surface area contributed by atoms with E-state index in [0.717, 1.165) is 5.56 Å². The number of carbonyl (C=O) groups is 2. The zero-order valence-electron chi connectivity index (χ0n) is 13.5. The fourth-order valence-electron chi connectivity index (χ4n) is 2.64. The van der Waals surface area contributed by atoms with Gasteiger partial charge in [0.1, 0.15) is 11.2 Å². The SMILES string of the molecule is O=C(NCCc1ccc(Cl)cc1)C1(C(=O)Nc2cccc(F)c2)CC1. The first kappa shape index (κ1) is 17.4. The van der Waals surface area contributed by atoms with Crippen LogP contribution in [-0.4, -0.2) is 18.4 Å². The molecule has 0 aliphatic heterocycles. The quantitative estimate of drug-likeness (QED) is 0.774. The second-order valence-electron chi connectivity index (χ2n) is 6.18. The molecule has 6 heteroatoms. The Kier molecular flexibility index (Phi) is 5.04. The first-order valence-corrected chi connectivity index (χ1v) is 8.47. The minimum absolute atomic E-state index is 0.282. The van der Waals surface area contributed by atoms with Crippen molar-refractivity contribution in [2.45, 2.75) is 19.3 Å². The molecule has 2 aromatic rings. The Labute approximate surface area is 150 Å². The topological polar surface area (TPSA) is 58.2 Å². The average molecular weight is 361 g/mol. The molecule has 3 rings (SSSR count). The van der Waals surface area contributed by atoms with E-state index in [1.807, 2.05) is 12.1 Å². The molecule has 0 heterocycles. The van der Waals surface area contributed by atoms with Crippen LogP contribution in [0.3, 0.4) is 0 Å². The fourth-order valence-corrected chi connectivity index (χ4v) is 2.77. The summed E-state index contributed by atoms with van der Waals surface area (Å²) in [6.45, 7) is 0.440. The van der Waals surface area contributed by atoms with E-state index in [0.29, 0.717) is 36.5 Å². The van der Waals surface area contributed by atoms with Crippen molar-refractivity contribution in [1.82, 2.24) is 5.32 Å². The number of hydrogen-bond acceptors (Lipinski definition) is 2. The lowest BCUT2D eigenvalue weighted by Crippen LogP contribution is -2.40. The molecular weight excluding hydrogens is 343 g/mol. The third-order valence-electron chi connectivity index (χ3n) is 4.31. The lowest BCUT2D eigenvalue weighted by molar-refractivity contribution is -0.134. The Morgan fingerprint density at radius 1 is 1.08 bits per heavy atom. The van der Waals surface area contributed by atoms with Crippen LogP contribution in [0.4, 0.5) is 10.1 Å². The predicted octanol–water partition coefficient (Wildman–Crippen LogP) is 3.56. The maximum atomic E-state index is 13.2. The monoisotopic (exact) mass is 360 g/mol. The van der Waals surface area contributed by atoms with E-state index in [-0.39, 0.29) is 11.8 Å². The summed E-state index contributed by atoms with van der Waals surface area (Å²) in [4.78, 5) is 24.8. The summed E-state index contributed by atoms with van der Waals surface area (Å²) in [5.41, 5.74) is 0.371. The lowest BCUT2D eigenvalue weighted by atomic mass is 10.0.